The van der Waals surface area contributed by atoms with Gasteiger partial charge in [-0.1, -0.05) is 57.2 Å². The van der Waals surface area contributed by atoms with E-state index in [-0.39, 0.29) is 12.1 Å². The molecule has 0 saturated heterocycles. The molecule has 1 aliphatic rings. The summed E-state index contributed by atoms with van der Waals surface area (Å²) in [5.74, 6) is 0.720. The van der Waals surface area contributed by atoms with E-state index in [1.165, 1.54) is 32.1 Å². The van der Waals surface area contributed by atoms with Crippen LogP contribution in [0, 0.1) is 0 Å². The molecule has 27 heavy (non-hydrogen) atoms. The van der Waals surface area contributed by atoms with Crippen molar-refractivity contribution in [3.8, 4) is 0 Å². The molecule has 0 aliphatic carbocycles. The predicted molar refractivity (Wildman–Crippen MR) is 115 cm³/mol. The van der Waals surface area contributed by atoms with E-state index >= 15 is 0 Å². The van der Waals surface area contributed by atoms with Crippen LogP contribution in [0.4, 0.5) is 0 Å². The smallest absolute Gasteiger partial charge is 0.216 e. The van der Waals surface area contributed by atoms with Crippen LogP contribution < -0.4 is 0 Å². The third kappa shape index (κ3) is 9.23. The largest absolute Gasteiger partial charge is 0.475 e. The van der Waals surface area contributed by atoms with Gasteiger partial charge >= 0.3 is 0 Å². The Kier molecular flexibility index (Phi) is 11.0. The van der Waals surface area contributed by atoms with E-state index in [0.29, 0.717) is 19.8 Å². The van der Waals surface area contributed by atoms with Gasteiger partial charge < -0.3 is 14.0 Å². The molecule has 2 radical (unpaired) electrons. The van der Waals surface area contributed by atoms with Gasteiger partial charge in [0.25, 0.3) is 0 Å². The number of benzene rings is 1. The minimum Gasteiger partial charge on any atom is -0.475 e. The van der Waals surface area contributed by atoms with Gasteiger partial charge in [-0.15, -0.1) is 0 Å². The maximum absolute atomic E-state index is 5.91. The summed E-state index contributed by atoms with van der Waals surface area (Å²) in [6, 6.07) is 10.1. The van der Waals surface area contributed by atoms with Crippen LogP contribution in [-0.4, -0.2) is 52.1 Å². The Morgan fingerprint density at radius 1 is 1.19 bits per heavy atom. The van der Waals surface area contributed by atoms with Crippen LogP contribution in [0.3, 0.4) is 0 Å². The molecular weight excluding hydrogens is 356 g/mol. The molecule has 0 N–H and O–H groups in total. The highest BCUT2D eigenvalue weighted by Crippen LogP contribution is 2.30. The summed E-state index contributed by atoms with van der Waals surface area (Å²) < 4.78 is 17.5. The molecule has 0 aromatic heterocycles. The summed E-state index contributed by atoms with van der Waals surface area (Å²) in [4.78, 5) is 4.62. The normalized spacial score (nSPS) is 18.7. The lowest BCUT2D eigenvalue weighted by Gasteiger charge is -2.21. The standard InChI is InChI=1S/C21H33BNO3P/c1-3-4-5-6-10-13-20(26-27(2)22)14-15-24-16-19-17-25-21(23-19)18-11-8-7-9-12-18/h7-9,11-12,19-20H,3-6,10,13-17H2,1-2H3. The second-order valence-electron chi connectivity index (χ2n) is 7.11. The zero-order valence-electron chi connectivity index (χ0n) is 16.8. The minimum absolute atomic E-state index is 0.0754. The van der Waals surface area contributed by atoms with E-state index in [2.05, 4.69) is 11.9 Å². The molecule has 0 saturated carbocycles. The fraction of sp³-hybridized carbons (Fsp3) is 0.667. The second kappa shape index (κ2) is 13.3. The minimum atomic E-state index is -0.826. The van der Waals surface area contributed by atoms with Crippen LogP contribution in [0.1, 0.15) is 57.4 Å². The lowest BCUT2D eigenvalue weighted by Crippen LogP contribution is -2.18. The molecule has 0 bridgehead atoms. The van der Waals surface area contributed by atoms with Crippen molar-refractivity contribution in [2.24, 2.45) is 4.99 Å². The van der Waals surface area contributed by atoms with Crippen LogP contribution in [0.2, 0.25) is 0 Å². The Balaban J connectivity index is 1.64. The Labute approximate surface area is 167 Å². The lowest BCUT2D eigenvalue weighted by molar-refractivity contribution is 0.0812. The first-order valence-electron chi connectivity index (χ1n) is 10.2. The maximum Gasteiger partial charge on any atom is 0.216 e. The van der Waals surface area contributed by atoms with Crippen LogP contribution >= 0.6 is 8.03 Å². The van der Waals surface area contributed by atoms with Gasteiger partial charge in [0.1, 0.15) is 20.2 Å². The SMILES string of the molecule is [B]P(C)OC(CCCCCCC)CCOCC1COC(c2ccccc2)=N1. The maximum atomic E-state index is 5.91. The monoisotopic (exact) mass is 389 g/mol. The summed E-state index contributed by atoms with van der Waals surface area (Å²) in [7, 11) is 5.06. The number of unbranched alkanes of at least 4 members (excludes halogenated alkanes) is 4. The summed E-state index contributed by atoms with van der Waals surface area (Å²) in [5.41, 5.74) is 1.02. The quantitative estimate of drug-likeness (QED) is 0.253. The van der Waals surface area contributed by atoms with Crippen LogP contribution in [0.5, 0.6) is 0 Å². The lowest BCUT2D eigenvalue weighted by atomic mass is 10.1. The van der Waals surface area contributed by atoms with E-state index < -0.39 is 8.03 Å². The summed E-state index contributed by atoms with van der Waals surface area (Å²) in [5, 5.41) is 0. The van der Waals surface area contributed by atoms with E-state index in [0.717, 1.165) is 24.3 Å². The van der Waals surface area contributed by atoms with Gasteiger partial charge in [0.2, 0.25) is 5.90 Å². The van der Waals surface area contributed by atoms with Crippen molar-refractivity contribution < 1.29 is 14.0 Å². The summed E-state index contributed by atoms with van der Waals surface area (Å²) >= 11 is 0. The van der Waals surface area contributed by atoms with Crippen LogP contribution in [0.25, 0.3) is 0 Å². The zero-order valence-corrected chi connectivity index (χ0v) is 17.7. The van der Waals surface area contributed by atoms with E-state index in [1.54, 1.807) is 0 Å². The van der Waals surface area contributed by atoms with E-state index in [4.69, 9.17) is 21.6 Å². The molecule has 1 heterocycles. The third-order valence-electron chi connectivity index (χ3n) is 4.57. The van der Waals surface area contributed by atoms with Crippen molar-refractivity contribution >= 4 is 21.5 Å². The highest BCUT2D eigenvalue weighted by Gasteiger charge is 2.20. The first-order chi connectivity index (χ1) is 13.2. The van der Waals surface area contributed by atoms with Crippen molar-refractivity contribution in [3.63, 3.8) is 0 Å². The summed E-state index contributed by atoms with van der Waals surface area (Å²) in [6.07, 6.45) is 8.55. The van der Waals surface area contributed by atoms with Gasteiger partial charge in [0, 0.05) is 12.2 Å². The molecule has 148 valence electrons. The molecule has 6 heteroatoms. The van der Waals surface area contributed by atoms with Gasteiger partial charge in [-0.2, -0.15) is 0 Å². The molecule has 4 nitrogen and oxygen atoms in total. The van der Waals surface area contributed by atoms with Crippen molar-refractivity contribution in [1.82, 2.24) is 0 Å². The Morgan fingerprint density at radius 3 is 2.70 bits per heavy atom. The zero-order chi connectivity index (χ0) is 19.3. The fourth-order valence-corrected chi connectivity index (χ4v) is 3.82. The Bertz CT molecular complexity index is 541. The number of aliphatic imine (C=N–C) groups is 1. The van der Waals surface area contributed by atoms with Crippen LogP contribution in [-0.2, 0) is 14.0 Å². The molecule has 1 aromatic carbocycles. The molecule has 2 rings (SSSR count). The first kappa shape index (κ1) is 22.4. The molecule has 3 unspecified atom stereocenters. The van der Waals surface area contributed by atoms with Crippen molar-refractivity contribution in [3.05, 3.63) is 35.9 Å². The fourth-order valence-electron chi connectivity index (χ4n) is 3.13. The van der Waals surface area contributed by atoms with Gasteiger partial charge in [0.05, 0.1) is 12.7 Å². The van der Waals surface area contributed by atoms with Gasteiger partial charge in [-0.3, -0.25) is 0 Å². The van der Waals surface area contributed by atoms with Gasteiger partial charge in [-0.25, -0.2) is 4.99 Å². The highest BCUT2D eigenvalue weighted by atomic mass is 31.1. The molecule has 1 aliphatic heterocycles. The summed E-state index contributed by atoms with van der Waals surface area (Å²) in [6.45, 7) is 6.05. The molecule has 0 fully saturated rings. The average Bonchev–Trinajstić information content (AvgIpc) is 3.14. The number of nitrogens with zero attached hydrogens (tertiary/aromatic N) is 1. The van der Waals surface area contributed by atoms with Crippen molar-refractivity contribution in [1.29, 1.82) is 0 Å². The molecule has 3 atom stereocenters. The third-order valence-corrected chi connectivity index (χ3v) is 5.20. The number of hydrogen-bond donors (Lipinski definition) is 0. The number of ether oxygens (including phenoxy) is 2. The Morgan fingerprint density at radius 2 is 1.96 bits per heavy atom. The molecule has 0 amide bonds. The van der Waals surface area contributed by atoms with Crippen molar-refractivity contribution in [2.75, 3.05) is 26.5 Å². The molecule has 0 spiro atoms. The predicted octanol–water partition coefficient (Wildman–Crippen LogP) is 5.09. The topological polar surface area (TPSA) is 40.0 Å². The Hall–Kier alpha value is -0.895. The van der Waals surface area contributed by atoms with E-state index in [1.807, 2.05) is 37.0 Å². The second-order valence-corrected chi connectivity index (χ2v) is 8.41. The number of rotatable bonds is 14. The van der Waals surface area contributed by atoms with E-state index in [9.17, 15) is 0 Å². The number of hydrogen-bond acceptors (Lipinski definition) is 4. The van der Waals surface area contributed by atoms with Gasteiger partial charge in [-0.05, 0) is 39.7 Å². The molecule has 1 aromatic rings. The van der Waals surface area contributed by atoms with Gasteiger partial charge in [0.15, 0.2) is 0 Å². The highest BCUT2D eigenvalue weighted by molar-refractivity contribution is 7.77. The average molecular weight is 389 g/mol. The first-order valence-corrected chi connectivity index (χ1v) is 12.0. The molecular formula is C21H33BNO3P. The van der Waals surface area contributed by atoms with Crippen LogP contribution in [0.15, 0.2) is 35.3 Å². The van der Waals surface area contributed by atoms with Crippen molar-refractivity contribution in [2.45, 2.75) is 64.0 Å².